The average Bonchev–Trinajstić information content (AvgIpc) is 2.77. The SMILES string of the molecule is C=CC=O.O=C(O)CCCC[C@@H]1CCSS1. The van der Waals surface area contributed by atoms with Crippen LogP contribution >= 0.6 is 21.6 Å². The van der Waals surface area contributed by atoms with Crippen molar-refractivity contribution >= 4 is 33.8 Å². The molecule has 0 amide bonds. The number of carboxylic acids is 1. The lowest BCUT2D eigenvalue weighted by molar-refractivity contribution is -0.137. The molecule has 1 aliphatic heterocycles. The predicted molar refractivity (Wildman–Crippen MR) is 70.8 cm³/mol. The van der Waals surface area contributed by atoms with E-state index in [1.54, 1.807) is 0 Å². The van der Waals surface area contributed by atoms with Gasteiger partial charge in [-0.1, -0.05) is 34.6 Å². The largest absolute Gasteiger partial charge is 0.481 e. The number of aliphatic carboxylic acids is 1. The van der Waals surface area contributed by atoms with Gasteiger partial charge in [0.15, 0.2) is 0 Å². The molecule has 1 aliphatic rings. The molecule has 0 aromatic heterocycles. The topological polar surface area (TPSA) is 54.4 Å². The molecule has 0 unspecified atom stereocenters. The highest BCUT2D eigenvalue weighted by atomic mass is 33.1. The van der Waals surface area contributed by atoms with Gasteiger partial charge in [-0.05, 0) is 25.3 Å². The van der Waals surface area contributed by atoms with Crippen LogP contribution in [-0.2, 0) is 9.59 Å². The molecule has 0 aromatic carbocycles. The Kier molecular flexibility index (Phi) is 10.8. The summed E-state index contributed by atoms with van der Waals surface area (Å²) >= 11 is 0. The fourth-order valence-corrected chi connectivity index (χ4v) is 4.24. The lowest BCUT2D eigenvalue weighted by Crippen LogP contribution is -1.99. The molecule has 1 saturated heterocycles. The van der Waals surface area contributed by atoms with E-state index < -0.39 is 5.97 Å². The molecule has 0 saturated carbocycles. The number of allylic oxidation sites excluding steroid dienone is 1. The third-order valence-corrected chi connectivity index (χ3v) is 5.00. The van der Waals surface area contributed by atoms with E-state index in [0.717, 1.165) is 18.1 Å². The molecule has 1 heterocycles. The van der Waals surface area contributed by atoms with E-state index in [0.29, 0.717) is 12.7 Å². The van der Waals surface area contributed by atoms with Gasteiger partial charge in [-0.2, -0.15) is 0 Å². The summed E-state index contributed by atoms with van der Waals surface area (Å²) in [6.45, 7) is 3.11. The van der Waals surface area contributed by atoms with Crippen LogP contribution in [0.3, 0.4) is 0 Å². The first kappa shape index (κ1) is 15.6. The van der Waals surface area contributed by atoms with Gasteiger partial charge in [0.2, 0.25) is 0 Å². The molecule has 0 radical (unpaired) electrons. The van der Waals surface area contributed by atoms with Crippen molar-refractivity contribution in [2.75, 3.05) is 5.75 Å². The molecule has 92 valence electrons. The van der Waals surface area contributed by atoms with E-state index in [1.165, 1.54) is 24.7 Å². The lowest BCUT2D eigenvalue weighted by Gasteiger charge is -2.04. The zero-order chi connectivity index (χ0) is 12.2. The van der Waals surface area contributed by atoms with E-state index in [1.807, 2.05) is 21.6 Å². The summed E-state index contributed by atoms with van der Waals surface area (Å²) in [7, 11) is 3.92. The highest BCUT2D eigenvalue weighted by molar-refractivity contribution is 8.77. The molecule has 3 nitrogen and oxygen atoms in total. The second-order valence-corrected chi connectivity index (χ2v) is 6.13. The van der Waals surface area contributed by atoms with Crippen LogP contribution in [0.5, 0.6) is 0 Å². The molecular formula is C11H18O3S2. The van der Waals surface area contributed by atoms with Gasteiger partial charge in [-0.25, -0.2) is 0 Å². The molecule has 1 rings (SSSR count). The van der Waals surface area contributed by atoms with Crippen LogP contribution in [-0.4, -0.2) is 28.4 Å². The second-order valence-electron chi connectivity index (χ2n) is 3.34. The van der Waals surface area contributed by atoms with Gasteiger partial charge < -0.3 is 5.11 Å². The van der Waals surface area contributed by atoms with Gasteiger partial charge in [-0.3, -0.25) is 9.59 Å². The van der Waals surface area contributed by atoms with Gasteiger partial charge in [0, 0.05) is 17.4 Å². The molecule has 0 bridgehead atoms. The normalized spacial score (nSPS) is 18.4. The van der Waals surface area contributed by atoms with Crippen LogP contribution in [0.2, 0.25) is 0 Å². The Bertz CT molecular complexity index is 207. The quantitative estimate of drug-likeness (QED) is 0.345. The molecule has 5 heteroatoms. The van der Waals surface area contributed by atoms with Gasteiger partial charge in [0.05, 0.1) is 0 Å². The van der Waals surface area contributed by atoms with Crippen LogP contribution in [0.15, 0.2) is 12.7 Å². The minimum atomic E-state index is -0.663. The maximum atomic E-state index is 10.2. The van der Waals surface area contributed by atoms with Crippen molar-refractivity contribution in [2.45, 2.75) is 37.4 Å². The number of hydrogen-bond acceptors (Lipinski definition) is 4. The first-order chi connectivity index (χ1) is 7.70. The summed E-state index contributed by atoms with van der Waals surface area (Å²) < 4.78 is 0. The molecular weight excluding hydrogens is 244 g/mol. The van der Waals surface area contributed by atoms with Crippen LogP contribution < -0.4 is 0 Å². The summed E-state index contributed by atoms with van der Waals surface area (Å²) in [6.07, 6.45) is 6.60. The van der Waals surface area contributed by atoms with Gasteiger partial charge in [-0.15, -0.1) is 0 Å². The summed E-state index contributed by atoms with van der Waals surface area (Å²) in [5, 5.41) is 9.19. The predicted octanol–water partition coefficient (Wildman–Crippen LogP) is 3.16. The van der Waals surface area contributed by atoms with Crippen molar-refractivity contribution in [1.82, 2.24) is 0 Å². The highest BCUT2D eigenvalue weighted by Gasteiger charge is 2.15. The second kappa shape index (κ2) is 11.1. The van der Waals surface area contributed by atoms with E-state index in [9.17, 15) is 4.79 Å². The monoisotopic (exact) mass is 262 g/mol. The summed E-state index contributed by atoms with van der Waals surface area (Å²) in [5.41, 5.74) is 0. The zero-order valence-electron chi connectivity index (χ0n) is 9.26. The molecule has 1 fully saturated rings. The maximum absolute atomic E-state index is 10.2. The molecule has 1 N–H and O–H groups in total. The van der Waals surface area contributed by atoms with Crippen molar-refractivity contribution < 1.29 is 14.7 Å². The minimum absolute atomic E-state index is 0.338. The van der Waals surface area contributed by atoms with Gasteiger partial charge >= 0.3 is 5.97 Å². The summed E-state index contributed by atoms with van der Waals surface area (Å²) in [6, 6.07) is 0. The number of hydrogen-bond donors (Lipinski definition) is 1. The standard InChI is InChI=1S/C8H14O2S2.C3H4O/c9-8(10)4-2-1-3-7-5-6-11-12-7;1-2-3-4/h7H,1-6H2,(H,9,10);2-3H,1H2/t7-;/m1./s1. The number of carbonyl (C=O) groups excluding carboxylic acids is 1. The maximum Gasteiger partial charge on any atom is 0.303 e. The van der Waals surface area contributed by atoms with Crippen LogP contribution in [0.25, 0.3) is 0 Å². The number of unbranched alkanes of at least 4 members (excludes halogenated alkanes) is 1. The third-order valence-electron chi connectivity index (χ3n) is 1.99. The fraction of sp³-hybridized carbons (Fsp3) is 0.636. The molecule has 0 aliphatic carbocycles. The number of aldehydes is 1. The number of carboxylic acid groups (broad SMARTS) is 1. The Balaban J connectivity index is 0.000000487. The van der Waals surface area contributed by atoms with Crippen molar-refractivity contribution in [3.63, 3.8) is 0 Å². The van der Waals surface area contributed by atoms with E-state index in [2.05, 4.69) is 6.58 Å². The zero-order valence-corrected chi connectivity index (χ0v) is 10.9. The van der Waals surface area contributed by atoms with Crippen molar-refractivity contribution in [2.24, 2.45) is 0 Å². The smallest absolute Gasteiger partial charge is 0.303 e. The Morgan fingerprint density at radius 1 is 1.50 bits per heavy atom. The van der Waals surface area contributed by atoms with E-state index >= 15 is 0 Å². The summed E-state index contributed by atoms with van der Waals surface area (Å²) in [4.78, 5) is 19.2. The van der Waals surface area contributed by atoms with Crippen LogP contribution in [0, 0.1) is 0 Å². The number of carbonyl (C=O) groups is 2. The van der Waals surface area contributed by atoms with E-state index in [-0.39, 0.29) is 0 Å². The van der Waals surface area contributed by atoms with Crippen LogP contribution in [0.1, 0.15) is 32.1 Å². The molecule has 16 heavy (non-hydrogen) atoms. The van der Waals surface area contributed by atoms with Gasteiger partial charge in [0.1, 0.15) is 6.29 Å². The van der Waals surface area contributed by atoms with Crippen molar-refractivity contribution in [3.05, 3.63) is 12.7 Å². The van der Waals surface area contributed by atoms with Crippen molar-refractivity contribution in [1.29, 1.82) is 0 Å². The number of rotatable bonds is 6. The Morgan fingerprint density at radius 3 is 2.62 bits per heavy atom. The first-order valence-corrected chi connectivity index (χ1v) is 7.65. The summed E-state index contributed by atoms with van der Waals surface area (Å²) in [5.74, 6) is 0.609. The third kappa shape index (κ3) is 10.1. The Hall–Kier alpha value is -0.420. The van der Waals surface area contributed by atoms with Gasteiger partial charge in [0.25, 0.3) is 0 Å². The van der Waals surface area contributed by atoms with Crippen molar-refractivity contribution in [3.8, 4) is 0 Å². The average molecular weight is 262 g/mol. The fourth-order valence-electron chi connectivity index (χ4n) is 1.21. The van der Waals surface area contributed by atoms with Crippen LogP contribution in [0.4, 0.5) is 0 Å². The first-order valence-electron chi connectivity index (χ1n) is 5.27. The highest BCUT2D eigenvalue weighted by Crippen LogP contribution is 2.39. The molecule has 1 atom stereocenters. The minimum Gasteiger partial charge on any atom is -0.481 e. The van der Waals surface area contributed by atoms with E-state index in [4.69, 9.17) is 9.90 Å². The Morgan fingerprint density at radius 2 is 2.19 bits per heavy atom. The Labute approximate surface area is 104 Å². The molecule has 0 spiro atoms. The lowest BCUT2D eigenvalue weighted by atomic mass is 10.1. The molecule has 0 aromatic rings.